The van der Waals surface area contributed by atoms with Gasteiger partial charge in [-0.3, -0.25) is 4.79 Å². The number of rotatable bonds is 4. The van der Waals surface area contributed by atoms with Crippen molar-refractivity contribution in [2.24, 2.45) is 5.73 Å². The summed E-state index contributed by atoms with van der Waals surface area (Å²) < 4.78 is 19.9. The van der Waals surface area contributed by atoms with Crippen LogP contribution in [0.2, 0.25) is 0 Å². The van der Waals surface area contributed by atoms with E-state index in [2.05, 4.69) is 28.8 Å². The third-order valence-electron chi connectivity index (χ3n) is 5.51. The molecule has 2 aliphatic rings. The molecule has 176 valence electrons. The number of amides is 1. The van der Waals surface area contributed by atoms with Crippen molar-refractivity contribution in [1.29, 1.82) is 0 Å². The minimum absolute atomic E-state index is 0.0908. The third kappa shape index (κ3) is 7.17. The van der Waals surface area contributed by atoms with Crippen molar-refractivity contribution in [2.45, 2.75) is 50.5 Å². The largest absolute Gasteiger partial charge is 0.508 e. The Labute approximate surface area is 198 Å². The highest BCUT2D eigenvalue weighted by atomic mass is 32.1. The topological polar surface area (TPSA) is 75.8 Å². The summed E-state index contributed by atoms with van der Waals surface area (Å²) in [6, 6.07) is 11.2. The number of phenols is 1. The molecule has 2 aliphatic heterocycles. The number of carbonyl (C=O) groups is 1. The normalized spacial score (nSPS) is 23.9. The van der Waals surface area contributed by atoms with E-state index >= 15 is 0 Å². The van der Waals surface area contributed by atoms with Crippen molar-refractivity contribution in [2.75, 3.05) is 18.9 Å². The van der Waals surface area contributed by atoms with Gasteiger partial charge >= 0.3 is 0 Å². The Balaban J connectivity index is 0.000000385. The average molecular weight is 481 g/mol. The summed E-state index contributed by atoms with van der Waals surface area (Å²) in [5, 5.41) is 9.61. The Bertz CT molecular complexity index is 869. The lowest BCUT2D eigenvalue weighted by Gasteiger charge is -2.23. The van der Waals surface area contributed by atoms with Crippen LogP contribution in [0.4, 0.5) is 4.39 Å². The number of thiol groups is 1. The molecule has 2 aromatic rings. The van der Waals surface area contributed by atoms with Gasteiger partial charge in [-0.2, -0.15) is 12.6 Å². The maximum Gasteiger partial charge on any atom is 0.210 e. The molecule has 4 rings (SSSR count). The quantitative estimate of drug-likeness (QED) is 0.353. The highest BCUT2D eigenvalue weighted by molar-refractivity contribution is 7.80. The molecule has 5 nitrogen and oxygen atoms in total. The van der Waals surface area contributed by atoms with Crippen LogP contribution in [0.5, 0.6) is 5.75 Å². The molecule has 2 aromatic carbocycles. The Morgan fingerprint density at radius 3 is 2.50 bits per heavy atom. The molecule has 0 spiro atoms. The number of hydrogen-bond donors (Lipinski definition) is 3. The molecule has 2 saturated heterocycles. The molecule has 0 bridgehead atoms. The Hall–Kier alpha value is -1.66. The van der Waals surface area contributed by atoms with Gasteiger partial charge in [0, 0.05) is 30.4 Å². The Morgan fingerprint density at radius 2 is 1.97 bits per heavy atom. The van der Waals surface area contributed by atoms with Gasteiger partial charge in [0.2, 0.25) is 6.41 Å². The van der Waals surface area contributed by atoms with Gasteiger partial charge in [-0.1, -0.05) is 37.3 Å². The van der Waals surface area contributed by atoms with E-state index in [0.717, 1.165) is 18.8 Å². The molecule has 5 unspecified atom stereocenters. The van der Waals surface area contributed by atoms with Gasteiger partial charge in [0.1, 0.15) is 11.6 Å². The van der Waals surface area contributed by atoms with Crippen LogP contribution in [0, 0.1) is 5.82 Å². The molecule has 32 heavy (non-hydrogen) atoms. The van der Waals surface area contributed by atoms with Crippen LogP contribution in [0.1, 0.15) is 25.8 Å². The van der Waals surface area contributed by atoms with Gasteiger partial charge in [-0.15, -0.1) is 9.24 Å². The molecular weight excluding hydrogens is 446 g/mol. The first kappa shape index (κ1) is 26.6. The number of likely N-dealkylation sites (tertiary alicyclic amines) is 1. The fourth-order valence-electron chi connectivity index (χ4n) is 3.59. The third-order valence-corrected chi connectivity index (χ3v) is 6.17. The summed E-state index contributed by atoms with van der Waals surface area (Å²) in [4.78, 5) is 12.9. The summed E-state index contributed by atoms with van der Waals surface area (Å²) in [6.45, 7) is 5.63. The number of nitrogens with zero attached hydrogens (tertiary/aromatic N) is 1. The molecule has 0 aliphatic carbocycles. The summed E-state index contributed by atoms with van der Waals surface area (Å²) in [5.41, 5.74) is 7.84. The van der Waals surface area contributed by atoms with Gasteiger partial charge in [-0.05, 0) is 48.8 Å². The average Bonchev–Trinajstić information content (AvgIpc) is 3.02. The molecule has 5 atom stereocenters. The number of halogens is 1. The lowest BCUT2D eigenvalue weighted by atomic mass is 9.96. The van der Waals surface area contributed by atoms with Crippen molar-refractivity contribution in [3.8, 4) is 16.9 Å². The minimum Gasteiger partial charge on any atom is -0.508 e. The summed E-state index contributed by atoms with van der Waals surface area (Å²) >= 11 is 3.79. The molecule has 2 fully saturated rings. The maximum absolute atomic E-state index is 15.0. The Morgan fingerprint density at radius 1 is 1.34 bits per heavy atom. The fourth-order valence-corrected chi connectivity index (χ4v) is 4.09. The zero-order valence-corrected chi connectivity index (χ0v) is 20.7. The number of aromatic hydroxyl groups is 1. The minimum atomic E-state index is -0.339. The lowest BCUT2D eigenvalue weighted by Crippen LogP contribution is -2.42. The number of benzene rings is 2. The van der Waals surface area contributed by atoms with Crippen molar-refractivity contribution >= 4 is 28.3 Å². The smallest absolute Gasteiger partial charge is 0.210 e. The van der Waals surface area contributed by atoms with E-state index in [1.807, 2.05) is 6.92 Å². The van der Waals surface area contributed by atoms with Crippen LogP contribution in [0.15, 0.2) is 42.5 Å². The highest BCUT2D eigenvalue weighted by Gasteiger charge is 2.37. The first-order chi connectivity index (χ1) is 15.3. The molecule has 3 N–H and O–H groups in total. The zero-order valence-electron chi connectivity index (χ0n) is 18.7. The molecule has 0 aromatic heterocycles. The number of ether oxygens (including phenoxy) is 1. The van der Waals surface area contributed by atoms with Crippen LogP contribution >= 0.6 is 21.9 Å². The van der Waals surface area contributed by atoms with E-state index in [0.29, 0.717) is 35.8 Å². The lowest BCUT2D eigenvalue weighted by molar-refractivity contribution is -0.118. The van der Waals surface area contributed by atoms with E-state index in [-0.39, 0.29) is 29.3 Å². The van der Waals surface area contributed by atoms with Crippen LogP contribution < -0.4 is 5.73 Å². The molecular formula is C24H34FN2O3PS. The van der Waals surface area contributed by atoms with Crippen molar-refractivity contribution in [1.82, 2.24) is 4.90 Å². The van der Waals surface area contributed by atoms with Crippen LogP contribution in [-0.2, 0) is 16.0 Å². The number of nitrogens with two attached hydrogens (primary N) is 1. The van der Waals surface area contributed by atoms with E-state index in [9.17, 15) is 14.3 Å². The SMILES string of the molecule is CC1CCO1.CCS.NC1C(P)CN(C=O)C1Cc1cccc(-c2cccc(O)c2)c1F. The van der Waals surface area contributed by atoms with E-state index < -0.39 is 0 Å². The second kappa shape index (κ2) is 13.1. The first-order valence-corrected chi connectivity index (χ1v) is 12.1. The molecule has 8 heteroatoms. The highest BCUT2D eigenvalue weighted by Crippen LogP contribution is 2.30. The van der Waals surface area contributed by atoms with E-state index in [4.69, 9.17) is 10.5 Å². The first-order valence-electron chi connectivity index (χ1n) is 10.8. The second-order valence-corrected chi connectivity index (χ2v) is 9.42. The van der Waals surface area contributed by atoms with Gasteiger partial charge in [-0.25, -0.2) is 4.39 Å². The fraction of sp³-hybridized carbons (Fsp3) is 0.458. The van der Waals surface area contributed by atoms with Crippen LogP contribution in [0.25, 0.3) is 11.1 Å². The number of hydrogen-bond acceptors (Lipinski definition) is 5. The predicted molar refractivity (Wildman–Crippen MR) is 135 cm³/mol. The standard InChI is InChI=1S/C18H20FN2O2P.C4H8O.C2H6S/c19-17-12(8-15-18(20)16(24)9-21(15)10-22)4-2-6-14(17)11-3-1-5-13(23)7-11;1-4-2-3-5-4;1-2-3/h1-7,10,15-16,18,23H,8-9,20,24H2;4H,2-3H2,1H3;3H,2H2,1H3. The van der Waals surface area contributed by atoms with Gasteiger partial charge in [0.05, 0.1) is 12.1 Å². The van der Waals surface area contributed by atoms with Gasteiger partial charge < -0.3 is 20.5 Å². The zero-order chi connectivity index (χ0) is 23.7. The molecule has 1 amide bonds. The Kier molecular flexibility index (Phi) is 10.9. The van der Waals surface area contributed by atoms with E-state index in [1.54, 1.807) is 41.3 Å². The van der Waals surface area contributed by atoms with Crippen molar-refractivity contribution < 1.29 is 19.0 Å². The summed E-state index contributed by atoms with van der Waals surface area (Å²) in [6.07, 6.45) is 2.98. The summed E-state index contributed by atoms with van der Waals surface area (Å²) in [7, 11) is 2.65. The number of phenolic OH excluding ortho intramolecular Hbond substituents is 1. The molecule has 0 saturated carbocycles. The van der Waals surface area contributed by atoms with Crippen molar-refractivity contribution in [3.63, 3.8) is 0 Å². The van der Waals surface area contributed by atoms with E-state index in [1.165, 1.54) is 12.5 Å². The monoisotopic (exact) mass is 480 g/mol. The molecule has 0 radical (unpaired) electrons. The van der Waals surface area contributed by atoms with Crippen molar-refractivity contribution in [3.05, 3.63) is 53.8 Å². The van der Waals surface area contributed by atoms with Gasteiger partial charge in [0.25, 0.3) is 0 Å². The molecule has 2 heterocycles. The predicted octanol–water partition coefficient (Wildman–Crippen LogP) is 3.88. The summed E-state index contributed by atoms with van der Waals surface area (Å²) in [5.74, 6) is 0.696. The number of carbonyl (C=O) groups excluding carboxylic acids is 1. The maximum atomic E-state index is 15.0. The van der Waals surface area contributed by atoms with Crippen LogP contribution in [-0.4, -0.2) is 59.2 Å². The second-order valence-electron chi connectivity index (χ2n) is 7.93. The van der Waals surface area contributed by atoms with Crippen LogP contribution in [0.3, 0.4) is 0 Å². The van der Waals surface area contributed by atoms with Gasteiger partial charge in [0.15, 0.2) is 0 Å².